The number of carbonyl (C=O) groups excluding carboxylic acids is 2. The fraction of sp³-hybridized carbons (Fsp3) is 0.222. The number of anilines is 1. The van der Waals surface area contributed by atoms with E-state index in [2.05, 4.69) is 5.32 Å². The van der Waals surface area contributed by atoms with Gasteiger partial charge in [0.05, 0.1) is 18.7 Å². The number of halogens is 3. The monoisotopic (exact) mass is 364 g/mol. The minimum Gasteiger partial charge on any atom is -0.442 e. The Bertz CT molecular complexity index is 873. The Kier molecular flexibility index (Phi) is 4.83. The summed E-state index contributed by atoms with van der Waals surface area (Å²) < 4.78 is 44.9. The van der Waals surface area contributed by atoms with Gasteiger partial charge in [0.25, 0.3) is 5.91 Å². The standard InChI is InChI=1S/C18H15F3N2O3/c1-10-3-2-4-11(7-10)23-9-12(26-18(23)25)8-22-17(24)13-5-6-14(19)16(21)15(13)20/h2-7,12H,8-9H2,1H3,(H,22,24). The second kappa shape index (κ2) is 7.07. The predicted octanol–water partition coefficient (Wildman–Crippen LogP) is 3.17. The zero-order valence-corrected chi connectivity index (χ0v) is 13.8. The number of ether oxygens (including phenoxy) is 1. The number of hydrogen-bond donors (Lipinski definition) is 1. The van der Waals surface area contributed by atoms with Crippen LogP contribution in [0.5, 0.6) is 0 Å². The van der Waals surface area contributed by atoms with E-state index in [4.69, 9.17) is 4.74 Å². The van der Waals surface area contributed by atoms with E-state index < -0.39 is 41.1 Å². The molecule has 0 aliphatic carbocycles. The van der Waals surface area contributed by atoms with E-state index in [1.807, 2.05) is 19.1 Å². The van der Waals surface area contributed by atoms with Crippen LogP contribution < -0.4 is 10.2 Å². The van der Waals surface area contributed by atoms with Crippen molar-refractivity contribution in [3.05, 3.63) is 65.0 Å². The van der Waals surface area contributed by atoms with Gasteiger partial charge in [0.1, 0.15) is 6.10 Å². The number of nitrogens with zero attached hydrogens (tertiary/aromatic N) is 1. The van der Waals surface area contributed by atoms with Crippen molar-refractivity contribution in [3.63, 3.8) is 0 Å². The van der Waals surface area contributed by atoms with Crippen molar-refractivity contribution < 1.29 is 27.5 Å². The van der Waals surface area contributed by atoms with Crippen molar-refractivity contribution in [1.29, 1.82) is 0 Å². The average molecular weight is 364 g/mol. The molecule has 1 heterocycles. The van der Waals surface area contributed by atoms with E-state index in [-0.39, 0.29) is 13.1 Å². The summed E-state index contributed by atoms with van der Waals surface area (Å²) in [5.74, 6) is -5.58. The molecule has 5 nitrogen and oxygen atoms in total. The second-order valence-corrected chi connectivity index (χ2v) is 5.89. The SMILES string of the molecule is Cc1cccc(N2CC(CNC(=O)c3ccc(F)c(F)c3F)OC2=O)c1. The molecule has 1 N–H and O–H groups in total. The molecule has 26 heavy (non-hydrogen) atoms. The topological polar surface area (TPSA) is 58.6 Å². The fourth-order valence-electron chi connectivity index (χ4n) is 2.64. The van der Waals surface area contributed by atoms with E-state index in [1.165, 1.54) is 4.90 Å². The Labute approximate surface area is 147 Å². The highest BCUT2D eigenvalue weighted by Gasteiger charge is 2.32. The quantitative estimate of drug-likeness (QED) is 0.848. The van der Waals surface area contributed by atoms with Crippen LogP contribution in [0.3, 0.4) is 0 Å². The third-order valence-electron chi connectivity index (χ3n) is 3.96. The van der Waals surface area contributed by atoms with Gasteiger partial charge in [0.2, 0.25) is 0 Å². The molecule has 0 spiro atoms. The van der Waals surface area contributed by atoms with Crippen molar-refractivity contribution in [2.24, 2.45) is 0 Å². The molecule has 0 bridgehead atoms. The maximum Gasteiger partial charge on any atom is 0.414 e. The zero-order chi connectivity index (χ0) is 18.8. The molecule has 136 valence electrons. The molecule has 2 aromatic rings. The molecule has 8 heteroatoms. The first kappa shape index (κ1) is 17.8. The van der Waals surface area contributed by atoms with Gasteiger partial charge in [-0.05, 0) is 36.8 Å². The summed E-state index contributed by atoms with van der Waals surface area (Å²) in [4.78, 5) is 25.4. The molecule has 0 radical (unpaired) electrons. The molecule has 2 amide bonds. The van der Waals surface area contributed by atoms with Crippen LogP contribution in [-0.2, 0) is 4.74 Å². The Balaban J connectivity index is 1.63. The maximum absolute atomic E-state index is 13.6. The normalized spacial score (nSPS) is 16.5. The lowest BCUT2D eigenvalue weighted by Crippen LogP contribution is -2.35. The number of benzene rings is 2. The number of nitrogens with one attached hydrogen (secondary N) is 1. The van der Waals surface area contributed by atoms with Crippen LogP contribution in [0.2, 0.25) is 0 Å². The highest BCUT2D eigenvalue weighted by molar-refractivity contribution is 5.94. The fourth-order valence-corrected chi connectivity index (χ4v) is 2.64. The van der Waals surface area contributed by atoms with Crippen LogP contribution in [0.25, 0.3) is 0 Å². The summed E-state index contributed by atoms with van der Waals surface area (Å²) in [6.45, 7) is 1.99. The molecule has 1 aliphatic rings. The minimum absolute atomic E-state index is 0.0919. The van der Waals surface area contributed by atoms with E-state index in [0.717, 1.165) is 11.6 Å². The molecule has 1 atom stereocenters. The van der Waals surface area contributed by atoms with E-state index in [0.29, 0.717) is 11.8 Å². The predicted molar refractivity (Wildman–Crippen MR) is 87.4 cm³/mol. The Morgan fingerprint density at radius 1 is 1.23 bits per heavy atom. The zero-order valence-electron chi connectivity index (χ0n) is 13.8. The smallest absolute Gasteiger partial charge is 0.414 e. The van der Waals surface area contributed by atoms with Gasteiger partial charge in [-0.15, -0.1) is 0 Å². The van der Waals surface area contributed by atoms with Gasteiger partial charge in [0.15, 0.2) is 17.5 Å². The van der Waals surface area contributed by atoms with Gasteiger partial charge < -0.3 is 10.1 Å². The molecular formula is C18H15F3N2O3. The molecule has 0 saturated carbocycles. The van der Waals surface area contributed by atoms with E-state index in [1.54, 1.807) is 12.1 Å². The molecule has 1 saturated heterocycles. The maximum atomic E-state index is 13.6. The highest BCUT2D eigenvalue weighted by Crippen LogP contribution is 2.22. The van der Waals surface area contributed by atoms with Crippen LogP contribution in [0.15, 0.2) is 36.4 Å². The van der Waals surface area contributed by atoms with Gasteiger partial charge in [-0.3, -0.25) is 9.69 Å². The minimum atomic E-state index is -1.71. The van der Waals surface area contributed by atoms with E-state index >= 15 is 0 Å². The lowest BCUT2D eigenvalue weighted by molar-refractivity contribution is 0.0911. The average Bonchev–Trinajstić information content (AvgIpc) is 2.98. The van der Waals surface area contributed by atoms with E-state index in [9.17, 15) is 22.8 Å². The summed E-state index contributed by atoms with van der Waals surface area (Å²) in [7, 11) is 0. The summed E-state index contributed by atoms with van der Waals surface area (Å²) in [6.07, 6.45) is -1.21. The molecule has 1 aliphatic heterocycles. The second-order valence-electron chi connectivity index (χ2n) is 5.89. The highest BCUT2D eigenvalue weighted by atomic mass is 19.2. The number of amides is 2. The Morgan fingerprint density at radius 3 is 2.73 bits per heavy atom. The number of carbonyl (C=O) groups is 2. The Morgan fingerprint density at radius 2 is 2.00 bits per heavy atom. The number of aryl methyl sites for hydroxylation is 1. The summed E-state index contributed by atoms with van der Waals surface area (Å²) in [6, 6.07) is 8.79. The number of hydrogen-bond acceptors (Lipinski definition) is 3. The molecular weight excluding hydrogens is 349 g/mol. The molecule has 0 aromatic heterocycles. The lowest BCUT2D eigenvalue weighted by atomic mass is 10.1. The van der Waals surface area contributed by atoms with Gasteiger partial charge in [0, 0.05) is 5.69 Å². The van der Waals surface area contributed by atoms with Crippen molar-refractivity contribution in [2.75, 3.05) is 18.0 Å². The van der Waals surface area contributed by atoms with Gasteiger partial charge in [-0.2, -0.15) is 0 Å². The van der Waals surface area contributed by atoms with Crippen LogP contribution in [0.4, 0.5) is 23.7 Å². The van der Waals surface area contributed by atoms with Gasteiger partial charge in [-0.1, -0.05) is 12.1 Å². The first-order valence-corrected chi connectivity index (χ1v) is 7.83. The Hall–Kier alpha value is -3.03. The molecule has 1 unspecified atom stereocenters. The largest absolute Gasteiger partial charge is 0.442 e. The van der Waals surface area contributed by atoms with Crippen molar-refractivity contribution in [1.82, 2.24) is 5.32 Å². The van der Waals surface area contributed by atoms with Gasteiger partial charge >= 0.3 is 6.09 Å². The third-order valence-corrected chi connectivity index (χ3v) is 3.96. The van der Waals surface area contributed by atoms with Crippen LogP contribution >= 0.6 is 0 Å². The third kappa shape index (κ3) is 3.49. The van der Waals surface area contributed by atoms with Crippen LogP contribution in [0.1, 0.15) is 15.9 Å². The number of rotatable bonds is 4. The summed E-state index contributed by atoms with van der Waals surface area (Å²) in [5, 5.41) is 2.36. The van der Waals surface area contributed by atoms with Crippen molar-refractivity contribution in [2.45, 2.75) is 13.0 Å². The van der Waals surface area contributed by atoms with Crippen LogP contribution in [-0.4, -0.2) is 31.2 Å². The number of cyclic esters (lactones) is 1. The van der Waals surface area contributed by atoms with Crippen molar-refractivity contribution >= 4 is 17.7 Å². The van der Waals surface area contributed by atoms with Crippen LogP contribution in [0, 0.1) is 24.4 Å². The first-order chi connectivity index (χ1) is 12.4. The first-order valence-electron chi connectivity index (χ1n) is 7.83. The molecule has 1 fully saturated rings. The summed E-state index contributed by atoms with van der Waals surface area (Å²) >= 11 is 0. The summed E-state index contributed by atoms with van der Waals surface area (Å²) in [5.41, 5.74) is 1.01. The lowest BCUT2D eigenvalue weighted by Gasteiger charge is -2.13. The molecule has 2 aromatic carbocycles. The van der Waals surface area contributed by atoms with Crippen molar-refractivity contribution in [3.8, 4) is 0 Å². The van der Waals surface area contributed by atoms with Gasteiger partial charge in [-0.25, -0.2) is 18.0 Å². The molecule has 3 rings (SSSR count).